The first-order valence-electron chi connectivity index (χ1n) is 8.43. The SMILES string of the molecule is O=C(NCc1ccccc1)c1ccc(CS(=O)(=O)N2CCCC2)cc1. The van der Waals surface area contributed by atoms with Crippen molar-refractivity contribution in [3.05, 3.63) is 71.3 Å². The van der Waals surface area contributed by atoms with E-state index in [4.69, 9.17) is 0 Å². The van der Waals surface area contributed by atoms with E-state index in [1.165, 1.54) is 0 Å². The van der Waals surface area contributed by atoms with Gasteiger partial charge in [-0.15, -0.1) is 0 Å². The Labute approximate surface area is 148 Å². The summed E-state index contributed by atoms with van der Waals surface area (Å²) in [6.45, 7) is 1.69. The van der Waals surface area contributed by atoms with Gasteiger partial charge in [-0.2, -0.15) is 0 Å². The van der Waals surface area contributed by atoms with Crippen molar-refractivity contribution in [3.8, 4) is 0 Å². The average Bonchev–Trinajstić information content (AvgIpc) is 3.17. The van der Waals surface area contributed by atoms with Crippen molar-refractivity contribution in [1.29, 1.82) is 0 Å². The third-order valence-corrected chi connectivity index (χ3v) is 6.17. The van der Waals surface area contributed by atoms with Gasteiger partial charge in [0.05, 0.1) is 5.75 Å². The fourth-order valence-corrected chi connectivity index (χ4v) is 4.51. The lowest BCUT2D eigenvalue weighted by Crippen LogP contribution is -2.29. The van der Waals surface area contributed by atoms with Crippen LogP contribution in [0.15, 0.2) is 54.6 Å². The van der Waals surface area contributed by atoms with Gasteiger partial charge in [0.25, 0.3) is 5.91 Å². The summed E-state index contributed by atoms with van der Waals surface area (Å²) >= 11 is 0. The zero-order valence-corrected chi connectivity index (χ0v) is 14.8. The van der Waals surface area contributed by atoms with Crippen molar-refractivity contribution < 1.29 is 13.2 Å². The summed E-state index contributed by atoms with van der Waals surface area (Å²) in [6, 6.07) is 16.5. The second-order valence-electron chi connectivity index (χ2n) is 6.23. The molecule has 0 aliphatic carbocycles. The molecule has 132 valence electrons. The summed E-state index contributed by atoms with van der Waals surface area (Å²) in [5.41, 5.74) is 2.26. The lowest BCUT2D eigenvalue weighted by Gasteiger charge is -2.15. The number of nitrogens with zero attached hydrogens (tertiary/aromatic N) is 1. The number of hydrogen-bond donors (Lipinski definition) is 1. The van der Waals surface area contributed by atoms with Crippen LogP contribution in [0.4, 0.5) is 0 Å². The fraction of sp³-hybridized carbons (Fsp3) is 0.316. The van der Waals surface area contributed by atoms with Crippen LogP contribution >= 0.6 is 0 Å². The van der Waals surface area contributed by atoms with Crippen LogP contribution in [0.25, 0.3) is 0 Å². The Kier molecular flexibility index (Phi) is 5.50. The van der Waals surface area contributed by atoms with Gasteiger partial charge >= 0.3 is 0 Å². The minimum absolute atomic E-state index is 0.0150. The number of sulfonamides is 1. The Morgan fingerprint density at radius 2 is 1.56 bits per heavy atom. The predicted molar refractivity (Wildman–Crippen MR) is 97.5 cm³/mol. The Balaban J connectivity index is 1.59. The standard InChI is InChI=1S/C19H22N2O3S/c22-19(20-14-16-6-2-1-3-7-16)18-10-8-17(9-11-18)15-25(23,24)21-12-4-5-13-21/h1-3,6-11H,4-5,12-15H2,(H,20,22). The van der Waals surface area contributed by atoms with Crippen molar-refractivity contribution in [1.82, 2.24) is 9.62 Å². The van der Waals surface area contributed by atoms with Gasteiger partial charge in [0.2, 0.25) is 10.0 Å². The molecule has 0 aromatic heterocycles. The zero-order chi connectivity index (χ0) is 17.7. The van der Waals surface area contributed by atoms with Crippen LogP contribution in [0.3, 0.4) is 0 Å². The molecule has 5 nitrogen and oxygen atoms in total. The lowest BCUT2D eigenvalue weighted by atomic mass is 10.1. The number of rotatable bonds is 6. The van der Waals surface area contributed by atoms with Crippen molar-refractivity contribution in [2.75, 3.05) is 13.1 Å². The molecule has 1 aliphatic heterocycles. The number of carbonyl (C=O) groups excluding carboxylic acids is 1. The number of carbonyl (C=O) groups is 1. The molecule has 1 amide bonds. The van der Waals surface area contributed by atoms with Crippen molar-refractivity contribution in [3.63, 3.8) is 0 Å². The van der Waals surface area contributed by atoms with E-state index >= 15 is 0 Å². The normalized spacial score (nSPS) is 15.2. The summed E-state index contributed by atoms with van der Waals surface area (Å²) in [5, 5.41) is 2.86. The Morgan fingerprint density at radius 3 is 2.20 bits per heavy atom. The van der Waals surface area contributed by atoms with Crippen LogP contribution < -0.4 is 5.32 Å². The molecule has 1 heterocycles. The number of nitrogens with one attached hydrogen (secondary N) is 1. The minimum Gasteiger partial charge on any atom is -0.348 e. The molecule has 1 N–H and O–H groups in total. The molecule has 0 radical (unpaired) electrons. The summed E-state index contributed by atoms with van der Waals surface area (Å²) in [4.78, 5) is 12.2. The fourth-order valence-electron chi connectivity index (χ4n) is 2.90. The van der Waals surface area contributed by atoms with Crippen LogP contribution in [0, 0.1) is 0 Å². The van der Waals surface area contributed by atoms with Crippen molar-refractivity contribution in [2.45, 2.75) is 25.1 Å². The second kappa shape index (κ2) is 7.80. The Bertz CT molecular complexity index is 812. The third-order valence-electron chi connectivity index (χ3n) is 4.32. The monoisotopic (exact) mass is 358 g/mol. The maximum Gasteiger partial charge on any atom is 0.251 e. The number of amides is 1. The molecule has 2 aromatic rings. The molecular formula is C19H22N2O3S. The largest absolute Gasteiger partial charge is 0.348 e. The topological polar surface area (TPSA) is 66.5 Å². The van der Waals surface area contributed by atoms with E-state index in [-0.39, 0.29) is 11.7 Å². The lowest BCUT2D eigenvalue weighted by molar-refractivity contribution is 0.0951. The van der Waals surface area contributed by atoms with Gasteiger partial charge in [-0.05, 0) is 36.1 Å². The van der Waals surface area contributed by atoms with Gasteiger partial charge in [0, 0.05) is 25.2 Å². The Morgan fingerprint density at radius 1 is 0.920 bits per heavy atom. The van der Waals surface area contributed by atoms with Gasteiger partial charge in [0.1, 0.15) is 0 Å². The number of hydrogen-bond acceptors (Lipinski definition) is 3. The van der Waals surface area contributed by atoms with Crippen LogP contribution in [0.1, 0.15) is 34.3 Å². The highest BCUT2D eigenvalue weighted by molar-refractivity contribution is 7.88. The smallest absolute Gasteiger partial charge is 0.251 e. The molecular weight excluding hydrogens is 336 g/mol. The molecule has 3 rings (SSSR count). The van der Waals surface area contributed by atoms with E-state index in [0.29, 0.717) is 30.8 Å². The molecule has 0 bridgehead atoms. The molecule has 0 atom stereocenters. The quantitative estimate of drug-likeness (QED) is 0.863. The molecule has 1 fully saturated rings. The van der Waals surface area contributed by atoms with E-state index in [1.54, 1.807) is 28.6 Å². The molecule has 25 heavy (non-hydrogen) atoms. The molecule has 1 saturated heterocycles. The second-order valence-corrected chi connectivity index (χ2v) is 8.20. The zero-order valence-electron chi connectivity index (χ0n) is 14.0. The van der Waals surface area contributed by atoms with Gasteiger partial charge in [-0.25, -0.2) is 12.7 Å². The van der Waals surface area contributed by atoms with Crippen molar-refractivity contribution >= 4 is 15.9 Å². The highest BCUT2D eigenvalue weighted by Gasteiger charge is 2.25. The van der Waals surface area contributed by atoms with Gasteiger partial charge in [-0.3, -0.25) is 4.79 Å². The first kappa shape index (κ1) is 17.6. The molecule has 0 unspecified atom stereocenters. The highest BCUT2D eigenvalue weighted by Crippen LogP contribution is 2.17. The van der Waals surface area contributed by atoms with Crippen molar-refractivity contribution in [2.24, 2.45) is 0 Å². The summed E-state index contributed by atoms with van der Waals surface area (Å²) < 4.78 is 26.2. The predicted octanol–water partition coefficient (Wildman–Crippen LogP) is 2.54. The molecule has 6 heteroatoms. The van der Waals surface area contributed by atoms with Gasteiger partial charge < -0.3 is 5.32 Å². The van der Waals surface area contributed by atoms with E-state index in [9.17, 15) is 13.2 Å². The van der Waals surface area contributed by atoms with E-state index in [0.717, 1.165) is 18.4 Å². The first-order chi connectivity index (χ1) is 12.0. The molecule has 2 aromatic carbocycles. The summed E-state index contributed by atoms with van der Waals surface area (Å²) in [6.07, 6.45) is 1.86. The highest BCUT2D eigenvalue weighted by atomic mass is 32.2. The molecule has 0 saturated carbocycles. The van der Waals surface area contributed by atoms with E-state index in [1.807, 2.05) is 30.3 Å². The van der Waals surface area contributed by atoms with E-state index < -0.39 is 10.0 Å². The maximum atomic E-state index is 12.3. The summed E-state index contributed by atoms with van der Waals surface area (Å²) in [7, 11) is -3.26. The van der Waals surface area contributed by atoms with Crippen LogP contribution in [0.2, 0.25) is 0 Å². The Hall–Kier alpha value is -2.18. The van der Waals surface area contributed by atoms with E-state index in [2.05, 4.69) is 5.32 Å². The minimum atomic E-state index is -3.26. The summed E-state index contributed by atoms with van der Waals surface area (Å²) in [5.74, 6) is -0.184. The first-order valence-corrected chi connectivity index (χ1v) is 10.0. The number of benzene rings is 2. The van der Waals surface area contributed by atoms with Crippen LogP contribution in [-0.4, -0.2) is 31.7 Å². The average molecular weight is 358 g/mol. The third kappa shape index (κ3) is 4.67. The van der Waals surface area contributed by atoms with Gasteiger partial charge in [0.15, 0.2) is 0 Å². The molecule has 0 spiro atoms. The maximum absolute atomic E-state index is 12.3. The van der Waals surface area contributed by atoms with Crippen LogP contribution in [-0.2, 0) is 22.3 Å². The molecule has 1 aliphatic rings. The van der Waals surface area contributed by atoms with Crippen LogP contribution in [0.5, 0.6) is 0 Å². The van der Waals surface area contributed by atoms with Gasteiger partial charge in [-0.1, -0.05) is 42.5 Å².